The third-order valence-electron chi connectivity index (χ3n) is 4.08. The zero-order valence-electron chi connectivity index (χ0n) is 10.4. The number of hydrogen-bond donors (Lipinski definition) is 0. The fourth-order valence-electron chi connectivity index (χ4n) is 2.94. The molecular weight excluding hydrogens is 290 g/mol. The lowest BCUT2D eigenvalue weighted by Gasteiger charge is -2.27. The maximum Gasteiger partial charge on any atom is 0.226 e. The Hall–Kier alpha value is -0.830. The number of carbonyl (C=O) groups excluding carboxylic acids is 1. The van der Waals surface area contributed by atoms with Gasteiger partial charge in [-0.25, -0.2) is 0 Å². The summed E-state index contributed by atoms with van der Waals surface area (Å²) in [6, 6.07) is 8.28. The van der Waals surface area contributed by atoms with E-state index in [1.54, 1.807) is 0 Å². The van der Waals surface area contributed by atoms with E-state index in [2.05, 4.69) is 39.0 Å². The molecule has 1 saturated carbocycles. The van der Waals surface area contributed by atoms with Gasteiger partial charge in [-0.15, -0.1) is 0 Å². The van der Waals surface area contributed by atoms with Crippen molar-refractivity contribution in [2.45, 2.75) is 31.6 Å². The van der Waals surface area contributed by atoms with Crippen molar-refractivity contribution in [3.8, 4) is 0 Å². The second-order valence-corrected chi connectivity index (χ2v) is 6.21. The molecule has 0 bridgehead atoms. The number of carbonyl (C=O) groups is 1. The van der Waals surface area contributed by atoms with Crippen LogP contribution in [0.1, 0.15) is 37.2 Å². The Balaban J connectivity index is 1.67. The van der Waals surface area contributed by atoms with Crippen molar-refractivity contribution >= 4 is 21.8 Å². The summed E-state index contributed by atoms with van der Waals surface area (Å²) in [6.07, 6.45) is 4.66. The second-order valence-electron chi connectivity index (χ2n) is 5.36. The molecule has 1 saturated heterocycles. The molecule has 0 N–H and O–H groups in total. The highest BCUT2D eigenvalue weighted by molar-refractivity contribution is 9.10. The number of benzene rings is 1. The van der Waals surface area contributed by atoms with Gasteiger partial charge in [-0.2, -0.15) is 0 Å². The van der Waals surface area contributed by atoms with Crippen molar-refractivity contribution in [2.24, 2.45) is 5.92 Å². The Kier molecular flexibility index (Phi) is 3.42. The van der Waals surface area contributed by atoms with Gasteiger partial charge in [0.15, 0.2) is 0 Å². The first-order valence-electron chi connectivity index (χ1n) is 6.80. The Morgan fingerprint density at radius 2 is 1.89 bits per heavy atom. The molecule has 0 spiro atoms. The predicted octanol–water partition coefficient (Wildman–Crippen LogP) is 3.57. The summed E-state index contributed by atoms with van der Waals surface area (Å²) in [6.45, 7) is 1.94. The van der Waals surface area contributed by atoms with Gasteiger partial charge in [0.2, 0.25) is 5.91 Å². The van der Waals surface area contributed by atoms with E-state index in [1.807, 2.05) is 6.07 Å². The summed E-state index contributed by atoms with van der Waals surface area (Å²) in [5.41, 5.74) is 1.30. The van der Waals surface area contributed by atoms with Crippen molar-refractivity contribution < 1.29 is 4.79 Å². The van der Waals surface area contributed by atoms with Crippen LogP contribution < -0.4 is 0 Å². The molecule has 0 radical (unpaired) electrons. The molecular formula is C15H18BrNO. The van der Waals surface area contributed by atoms with Gasteiger partial charge in [0.1, 0.15) is 0 Å². The van der Waals surface area contributed by atoms with Crippen LogP contribution in [-0.4, -0.2) is 23.9 Å². The maximum absolute atomic E-state index is 12.4. The fourth-order valence-corrected chi connectivity index (χ4v) is 3.52. The smallest absolute Gasteiger partial charge is 0.226 e. The lowest BCUT2D eigenvalue weighted by molar-refractivity contribution is -0.133. The van der Waals surface area contributed by atoms with Gasteiger partial charge >= 0.3 is 0 Å². The van der Waals surface area contributed by atoms with Gasteiger partial charge in [0, 0.05) is 23.5 Å². The van der Waals surface area contributed by atoms with Crippen LogP contribution in [0.2, 0.25) is 0 Å². The van der Waals surface area contributed by atoms with Crippen LogP contribution in [0.15, 0.2) is 28.7 Å². The van der Waals surface area contributed by atoms with Gasteiger partial charge in [-0.05, 0) is 43.2 Å². The van der Waals surface area contributed by atoms with Crippen LogP contribution in [0.5, 0.6) is 0 Å². The maximum atomic E-state index is 12.4. The van der Waals surface area contributed by atoms with E-state index < -0.39 is 0 Å². The Morgan fingerprint density at radius 3 is 2.61 bits per heavy atom. The van der Waals surface area contributed by atoms with E-state index in [0.29, 0.717) is 11.8 Å². The first kappa shape index (κ1) is 12.2. The molecule has 3 heteroatoms. The Morgan fingerprint density at radius 1 is 1.17 bits per heavy atom. The highest BCUT2D eigenvalue weighted by Crippen LogP contribution is 2.50. The zero-order chi connectivity index (χ0) is 12.5. The summed E-state index contributed by atoms with van der Waals surface area (Å²) in [5.74, 6) is 1.06. The number of rotatable bonds is 2. The van der Waals surface area contributed by atoms with Gasteiger partial charge in [-0.1, -0.05) is 34.1 Å². The average Bonchev–Trinajstić information content (AvgIpc) is 3.20. The summed E-state index contributed by atoms with van der Waals surface area (Å²) < 4.78 is 1.14. The molecule has 1 aliphatic heterocycles. The molecule has 96 valence electrons. The van der Waals surface area contributed by atoms with Gasteiger partial charge in [0.05, 0.1) is 0 Å². The molecule has 1 aromatic rings. The highest BCUT2D eigenvalue weighted by Gasteiger charge is 2.46. The lowest BCUT2D eigenvalue weighted by Crippen LogP contribution is -2.36. The van der Waals surface area contributed by atoms with Crippen LogP contribution in [0.4, 0.5) is 0 Å². The van der Waals surface area contributed by atoms with Gasteiger partial charge < -0.3 is 4.90 Å². The minimum Gasteiger partial charge on any atom is -0.342 e. The minimum atomic E-state index is 0.238. The molecule has 2 fully saturated rings. The lowest BCUT2D eigenvalue weighted by atomic mass is 10.1. The summed E-state index contributed by atoms with van der Waals surface area (Å²) in [5, 5.41) is 0. The standard InChI is InChI=1S/C15H18BrNO/c16-14-7-3-2-6-11(14)12-10-13(12)15(18)17-8-4-1-5-9-17/h2-3,6-7,12-13H,1,4-5,8-10H2/t12-,13-/m1/s1. The Labute approximate surface area is 116 Å². The number of piperidine rings is 1. The number of hydrogen-bond acceptors (Lipinski definition) is 1. The van der Waals surface area contributed by atoms with E-state index in [-0.39, 0.29) is 5.92 Å². The first-order valence-corrected chi connectivity index (χ1v) is 7.60. The molecule has 3 rings (SSSR count). The largest absolute Gasteiger partial charge is 0.342 e. The van der Waals surface area contributed by atoms with Crippen molar-refractivity contribution in [3.63, 3.8) is 0 Å². The molecule has 0 unspecified atom stereocenters. The average molecular weight is 308 g/mol. The highest BCUT2D eigenvalue weighted by atomic mass is 79.9. The molecule has 1 amide bonds. The molecule has 2 aliphatic rings. The van der Waals surface area contributed by atoms with Gasteiger partial charge in [0.25, 0.3) is 0 Å². The SMILES string of the molecule is O=C([C@@H]1C[C@@H]1c1ccccc1Br)N1CCCCC1. The zero-order valence-corrected chi connectivity index (χ0v) is 12.0. The third kappa shape index (κ3) is 2.33. The Bertz CT molecular complexity index is 454. The quantitative estimate of drug-likeness (QED) is 0.818. The number of amides is 1. The van der Waals surface area contributed by atoms with Crippen molar-refractivity contribution in [1.29, 1.82) is 0 Å². The van der Waals surface area contributed by atoms with Crippen molar-refractivity contribution in [2.75, 3.05) is 13.1 Å². The topological polar surface area (TPSA) is 20.3 Å². The van der Waals surface area contributed by atoms with Crippen LogP contribution in [0, 0.1) is 5.92 Å². The van der Waals surface area contributed by atoms with Crippen LogP contribution in [-0.2, 0) is 4.79 Å². The summed E-state index contributed by atoms with van der Waals surface area (Å²) in [4.78, 5) is 14.4. The molecule has 1 aliphatic carbocycles. The number of likely N-dealkylation sites (tertiary alicyclic amines) is 1. The van der Waals surface area contributed by atoms with E-state index in [1.165, 1.54) is 24.8 Å². The second kappa shape index (κ2) is 5.04. The van der Waals surface area contributed by atoms with E-state index in [4.69, 9.17) is 0 Å². The molecule has 0 aromatic heterocycles. The van der Waals surface area contributed by atoms with Gasteiger partial charge in [-0.3, -0.25) is 4.79 Å². The molecule has 1 aromatic carbocycles. The monoisotopic (exact) mass is 307 g/mol. The molecule has 18 heavy (non-hydrogen) atoms. The van der Waals surface area contributed by atoms with Crippen LogP contribution >= 0.6 is 15.9 Å². The molecule has 1 heterocycles. The van der Waals surface area contributed by atoms with Crippen molar-refractivity contribution in [3.05, 3.63) is 34.3 Å². The first-order chi connectivity index (χ1) is 8.77. The fraction of sp³-hybridized carbons (Fsp3) is 0.533. The van der Waals surface area contributed by atoms with Crippen LogP contribution in [0.3, 0.4) is 0 Å². The predicted molar refractivity (Wildman–Crippen MR) is 75.4 cm³/mol. The van der Waals surface area contributed by atoms with E-state index >= 15 is 0 Å². The van der Waals surface area contributed by atoms with Crippen LogP contribution in [0.25, 0.3) is 0 Å². The third-order valence-corrected chi connectivity index (χ3v) is 4.80. The number of nitrogens with zero attached hydrogens (tertiary/aromatic N) is 1. The molecule has 2 nitrogen and oxygen atoms in total. The minimum absolute atomic E-state index is 0.238. The molecule has 2 atom stereocenters. The number of halogens is 1. The van der Waals surface area contributed by atoms with E-state index in [0.717, 1.165) is 24.0 Å². The van der Waals surface area contributed by atoms with E-state index in [9.17, 15) is 4.79 Å². The van der Waals surface area contributed by atoms with Crippen molar-refractivity contribution in [1.82, 2.24) is 4.90 Å². The summed E-state index contributed by atoms with van der Waals surface area (Å²) >= 11 is 3.58. The normalized spacial score (nSPS) is 27.1. The summed E-state index contributed by atoms with van der Waals surface area (Å²) in [7, 11) is 0.